The summed E-state index contributed by atoms with van der Waals surface area (Å²) >= 11 is 5.82. The van der Waals surface area contributed by atoms with E-state index in [9.17, 15) is 8.42 Å². The van der Waals surface area contributed by atoms with Gasteiger partial charge in [-0.25, -0.2) is 8.42 Å². The van der Waals surface area contributed by atoms with E-state index < -0.39 is 10.0 Å². The van der Waals surface area contributed by atoms with Crippen molar-refractivity contribution in [2.45, 2.75) is 4.90 Å². The van der Waals surface area contributed by atoms with E-state index in [2.05, 4.69) is 9.71 Å². The molecule has 0 spiro atoms. The number of hydrogen-bond acceptors (Lipinski definition) is 3. The minimum Gasteiger partial charge on any atom is -0.280 e. The van der Waals surface area contributed by atoms with Gasteiger partial charge in [0.15, 0.2) is 0 Å². The van der Waals surface area contributed by atoms with Crippen LogP contribution in [0.5, 0.6) is 0 Å². The Bertz CT molecular complexity index is 1200. The molecule has 3 aromatic carbocycles. The first kappa shape index (κ1) is 17.5. The van der Waals surface area contributed by atoms with Crippen molar-refractivity contribution in [3.63, 3.8) is 0 Å². The van der Waals surface area contributed by atoms with Gasteiger partial charge in [-0.05, 0) is 47.3 Å². The van der Waals surface area contributed by atoms with Crippen LogP contribution in [0.25, 0.3) is 21.9 Å². The van der Waals surface area contributed by atoms with Crippen molar-refractivity contribution in [1.29, 1.82) is 0 Å². The molecule has 0 saturated carbocycles. The Kier molecular flexibility index (Phi) is 4.56. The highest BCUT2D eigenvalue weighted by Crippen LogP contribution is 2.29. The molecule has 1 N–H and O–H groups in total. The number of nitrogens with one attached hydrogen (secondary N) is 1. The summed E-state index contributed by atoms with van der Waals surface area (Å²) in [6.45, 7) is 0. The molecule has 4 rings (SSSR count). The zero-order valence-corrected chi connectivity index (χ0v) is 15.7. The summed E-state index contributed by atoms with van der Waals surface area (Å²) in [6.07, 6.45) is 3.64. The van der Waals surface area contributed by atoms with E-state index in [0.717, 1.165) is 21.9 Å². The molecule has 0 aliphatic carbocycles. The zero-order chi connectivity index (χ0) is 18.9. The van der Waals surface area contributed by atoms with E-state index in [1.807, 2.05) is 48.8 Å². The van der Waals surface area contributed by atoms with Crippen LogP contribution in [0, 0.1) is 0 Å². The van der Waals surface area contributed by atoms with E-state index in [4.69, 9.17) is 11.6 Å². The van der Waals surface area contributed by atoms with E-state index in [1.165, 1.54) is 12.1 Å². The maximum atomic E-state index is 12.5. The lowest BCUT2D eigenvalue weighted by atomic mass is 10.0. The fraction of sp³-hybridized carbons (Fsp3) is 0. The predicted molar refractivity (Wildman–Crippen MR) is 109 cm³/mol. The monoisotopic (exact) mass is 394 g/mol. The number of rotatable bonds is 4. The van der Waals surface area contributed by atoms with Crippen LogP contribution >= 0.6 is 11.6 Å². The van der Waals surface area contributed by atoms with Gasteiger partial charge in [0.1, 0.15) is 0 Å². The summed E-state index contributed by atoms with van der Waals surface area (Å²) in [4.78, 5) is 4.46. The standard InChI is InChI=1S/C21H15ClN2O2S/c22-17-7-11-19(12-8-17)27(25,26)24-18-9-5-15(6-10-18)21-14-23-13-16-3-1-2-4-20(16)21/h1-14,24H. The predicted octanol–water partition coefficient (Wildman–Crippen LogP) is 5.36. The number of anilines is 1. The molecule has 1 aromatic heterocycles. The molecule has 0 atom stereocenters. The van der Waals surface area contributed by atoms with Crippen LogP contribution in [-0.2, 0) is 10.0 Å². The quantitative estimate of drug-likeness (QED) is 0.507. The first-order valence-corrected chi connectivity index (χ1v) is 10.1. The van der Waals surface area contributed by atoms with Crippen LogP contribution in [0.3, 0.4) is 0 Å². The van der Waals surface area contributed by atoms with Crippen molar-refractivity contribution in [1.82, 2.24) is 4.98 Å². The van der Waals surface area contributed by atoms with Gasteiger partial charge in [0.05, 0.1) is 4.90 Å². The summed E-state index contributed by atoms with van der Waals surface area (Å²) in [5.41, 5.74) is 2.45. The minimum absolute atomic E-state index is 0.161. The van der Waals surface area contributed by atoms with Gasteiger partial charge in [0.2, 0.25) is 0 Å². The van der Waals surface area contributed by atoms with Crippen LogP contribution in [-0.4, -0.2) is 13.4 Å². The third kappa shape index (κ3) is 3.65. The molecule has 4 aromatic rings. The number of pyridine rings is 1. The molecular formula is C21H15ClN2O2S. The molecular weight excluding hydrogens is 380 g/mol. The number of nitrogens with zero attached hydrogens (tertiary/aromatic N) is 1. The number of benzene rings is 3. The highest BCUT2D eigenvalue weighted by molar-refractivity contribution is 7.92. The second-order valence-electron chi connectivity index (χ2n) is 6.04. The lowest BCUT2D eigenvalue weighted by Crippen LogP contribution is -2.12. The summed E-state index contributed by atoms with van der Waals surface area (Å²) in [5, 5.41) is 2.64. The smallest absolute Gasteiger partial charge is 0.261 e. The molecule has 0 amide bonds. The molecule has 6 heteroatoms. The van der Waals surface area contributed by atoms with Crippen LogP contribution in [0.2, 0.25) is 5.02 Å². The fourth-order valence-corrected chi connectivity index (χ4v) is 4.08. The topological polar surface area (TPSA) is 59.1 Å². The molecule has 0 unspecified atom stereocenters. The molecule has 1 heterocycles. The van der Waals surface area contributed by atoms with Crippen molar-refractivity contribution >= 4 is 38.1 Å². The molecule has 0 aliphatic heterocycles. The van der Waals surface area contributed by atoms with Crippen LogP contribution in [0.15, 0.2) is 90.1 Å². The lowest BCUT2D eigenvalue weighted by Gasteiger charge is -2.10. The van der Waals surface area contributed by atoms with E-state index >= 15 is 0 Å². The zero-order valence-electron chi connectivity index (χ0n) is 14.1. The highest BCUT2D eigenvalue weighted by atomic mass is 35.5. The van der Waals surface area contributed by atoms with Gasteiger partial charge in [-0.1, -0.05) is 48.0 Å². The van der Waals surface area contributed by atoms with E-state index in [1.54, 1.807) is 24.3 Å². The molecule has 0 saturated heterocycles. The number of fused-ring (bicyclic) bond motifs is 1. The van der Waals surface area contributed by atoms with Gasteiger partial charge < -0.3 is 0 Å². The Labute approximate surface area is 162 Å². The molecule has 0 radical (unpaired) electrons. The number of halogens is 1. The van der Waals surface area contributed by atoms with E-state index in [-0.39, 0.29) is 4.90 Å². The molecule has 0 fully saturated rings. The average Bonchev–Trinajstić information content (AvgIpc) is 2.68. The Hall–Kier alpha value is -2.89. The largest absolute Gasteiger partial charge is 0.280 e. The summed E-state index contributed by atoms with van der Waals surface area (Å²) in [6, 6.07) is 21.3. The van der Waals surface area contributed by atoms with Crippen LogP contribution in [0.1, 0.15) is 0 Å². The van der Waals surface area contributed by atoms with Gasteiger partial charge in [0, 0.05) is 34.1 Å². The highest BCUT2D eigenvalue weighted by Gasteiger charge is 2.14. The molecule has 0 aliphatic rings. The maximum Gasteiger partial charge on any atom is 0.261 e. The van der Waals surface area contributed by atoms with Gasteiger partial charge >= 0.3 is 0 Å². The van der Waals surface area contributed by atoms with Crippen molar-refractivity contribution in [2.24, 2.45) is 0 Å². The Balaban J connectivity index is 1.63. The Morgan fingerprint density at radius 3 is 2.26 bits per heavy atom. The molecule has 4 nitrogen and oxygen atoms in total. The number of hydrogen-bond donors (Lipinski definition) is 1. The Morgan fingerprint density at radius 1 is 0.815 bits per heavy atom. The molecule has 134 valence electrons. The fourth-order valence-electron chi connectivity index (χ4n) is 2.89. The van der Waals surface area contributed by atoms with Crippen molar-refractivity contribution in [2.75, 3.05) is 4.72 Å². The van der Waals surface area contributed by atoms with Gasteiger partial charge in [0.25, 0.3) is 10.0 Å². The first-order valence-electron chi connectivity index (χ1n) is 8.24. The lowest BCUT2D eigenvalue weighted by molar-refractivity contribution is 0.601. The summed E-state index contributed by atoms with van der Waals surface area (Å²) in [7, 11) is -3.66. The normalized spacial score (nSPS) is 11.4. The maximum absolute atomic E-state index is 12.5. The Morgan fingerprint density at radius 2 is 1.52 bits per heavy atom. The second-order valence-corrected chi connectivity index (χ2v) is 8.16. The van der Waals surface area contributed by atoms with Crippen molar-refractivity contribution < 1.29 is 8.42 Å². The van der Waals surface area contributed by atoms with Gasteiger partial charge in [-0.3, -0.25) is 9.71 Å². The minimum atomic E-state index is -3.66. The third-order valence-electron chi connectivity index (χ3n) is 4.24. The van der Waals surface area contributed by atoms with Crippen molar-refractivity contribution in [3.8, 4) is 11.1 Å². The van der Waals surface area contributed by atoms with Gasteiger partial charge in [-0.2, -0.15) is 0 Å². The third-order valence-corrected chi connectivity index (χ3v) is 5.89. The van der Waals surface area contributed by atoms with Crippen LogP contribution in [0.4, 0.5) is 5.69 Å². The summed E-state index contributed by atoms with van der Waals surface area (Å²) < 4.78 is 27.5. The van der Waals surface area contributed by atoms with Gasteiger partial charge in [-0.15, -0.1) is 0 Å². The molecule has 27 heavy (non-hydrogen) atoms. The average molecular weight is 395 g/mol. The number of sulfonamides is 1. The first-order chi connectivity index (χ1) is 13.0. The van der Waals surface area contributed by atoms with Crippen molar-refractivity contribution in [3.05, 3.63) is 90.2 Å². The van der Waals surface area contributed by atoms with E-state index in [0.29, 0.717) is 10.7 Å². The molecule has 0 bridgehead atoms. The van der Waals surface area contributed by atoms with Crippen LogP contribution < -0.4 is 4.72 Å². The summed E-state index contributed by atoms with van der Waals surface area (Å²) in [5.74, 6) is 0. The SMILES string of the molecule is O=S(=O)(Nc1ccc(-c2cncc3ccccc23)cc1)c1ccc(Cl)cc1. The number of aromatic nitrogens is 1. The second kappa shape index (κ2) is 7.02.